The van der Waals surface area contributed by atoms with Crippen LogP contribution in [0.4, 0.5) is 0 Å². The Morgan fingerprint density at radius 2 is 2.04 bits per heavy atom. The maximum atomic E-state index is 12.4. The van der Waals surface area contributed by atoms with E-state index in [-0.39, 0.29) is 18.3 Å². The first-order chi connectivity index (χ1) is 12.6. The Hall–Kier alpha value is -3.35. The Labute approximate surface area is 149 Å². The summed E-state index contributed by atoms with van der Waals surface area (Å²) in [5, 5.41) is 3.38. The Kier molecular flexibility index (Phi) is 4.04. The van der Waals surface area contributed by atoms with Crippen molar-refractivity contribution in [3.05, 3.63) is 64.2 Å². The highest BCUT2D eigenvalue weighted by molar-refractivity contribution is 5.97. The van der Waals surface area contributed by atoms with Crippen molar-refractivity contribution in [1.82, 2.24) is 14.9 Å². The van der Waals surface area contributed by atoms with E-state index < -0.39 is 0 Å². The minimum atomic E-state index is -0.199. The van der Waals surface area contributed by atoms with Crippen molar-refractivity contribution in [3.8, 4) is 11.5 Å². The van der Waals surface area contributed by atoms with Gasteiger partial charge in [-0.05, 0) is 42.3 Å². The first-order valence-electron chi connectivity index (χ1n) is 8.24. The van der Waals surface area contributed by atoms with Crippen molar-refractivity contribution in [2.24, 2.45) is 7.05 Å². The van der Waals surface area contributed by atoms with Crippen molar-refractivity contribution >= 4 is 16.8 Å². The molecule has 26 heavy (non-hydrogen) atoms. The van der Waals surface area contributed by atoms with Gasteiger partial charge in [-0.25, -0.2) is 4.98 Å². The summed E-state index contributed by atoms with van der Waals surface area (Å²) in [7, 11) is 1.64. The van der Waals surface area contributed by atoms with Crippen molar-refractivity contribution in [2.75, 3.05) is 13.3 Å². The maximum absolute atomic E-state index is 12.4. The highest BCUT2D eigenvalue weighted by atomic mass is 16.7. The van der Waals surface area contributed by atoms with Crippen LogP contribution in [0.2, 0.25) is 0 Å². The molecule has 1 aliphatic rings. The number of aromatic nitrogens is 2. The van der Waals surface area contributed by atoms with Gasteiger partial charge in [0.25, 0.3) is 11.5 Å². The summed E-state index contributed by atoms with van der Waals surface area (Å²) in [4.78, 5) is 28.6. The van der Waals surface area contributed by atoms with Crippen LogP contribution in [0.1, 0.15) is 15.9 Å². The lowest BCUT2D eigenvalue weighted by Crippen LogP contribution is -2.26. The van der Waals surface area contributed by atoms with Crippen molar-refractivity contribution < 1.29 is 14.3 Å². The minimum absolute atomic E-state index is 0.134. The second kappa shape index (κ2) is 6.51. The zero-order chi connectivity index (χ0) is 18.1. The third kappa shape index (κ3) is 2.99. The summed E-state index contributed by atoms with van der Waals surface area (Å²) in [6.45, 7) is 0.731. The van der Waals surface area contributed by atoms with Crippen LogP contribution < -0.4 is 20.3 Å². The number of carbonyl (C=O) groups excluding carboxylic acids is 1. The van der Waals surface area contributed by atoms with Gasteiger partial charge in [-0.1, -0.05) is 6.07 Å². The second-order valence-corrected chi connectivity index (χ2v) is 6.09. The second-order valence-electron chi connectivity index (χ2n) is 6.09. The molecule has 1 aliphatic heterocycles. The molecule has 0 aliphatic carbocycles. The lowest BCUT2D eigenvalue weighted by Gasteiger charge is -2.07. The lowest BCUT2D eigenvalue weighted by molar-refractivity contribution is 0.0954. The molecule has 0 saturated carbocycles. The molecule has 7 heteroatoms. The third-order valence-corrected chi connectivity index (χ3v) is 4.32. The summed E-state index contributed by atoms with van der Waals surface area (Å²) in [6.07, 6.45) is 2.13. The van der Waals surface area contributed by atoms with Crippen molar-refractivity contribution in [3.63, 3.8) is 0 Å². The standard InChI is InChI=1S/C19H17N3O4/c1-22-10-21-15-9-13(3-4-14(15)19(22)24)18(23)20-7-6-12-2-5-16-17(8-12)26-11-25-16/h2-5,8-10H,6-7,11H2,1H3,(H,20,23). The van der Waals surface area contributed by atoms with E-state index in [1.807, 2.05) is 18.2 Å². The molecule has 0 atom stereocenters. The van der Waals surface area contributed by atoms with Crippen LogP contribution in [0.5, 0.6) is 11.5 Å². The van der Waals surface area contributed by atoms with Gasteiger partial charge in [0.2, 0.25) is 6.79 Å². The molecule has 0 radical (unpaired) electrons. The summed E-state index contributed by atoms with van der Waals surface area (Å²) < 4.78 is 12.0. The van der Waals surface area contributed by atoms with Crippen LogP contribution in [-0.2, 0) is 13.5 Å². The number of aryl methyl sites for hydroxylation is 1. The van der Waals surface area contributed by atoms with Gasteiger partial charge in [-0.15, -0.1) is 0 Å². The molecule has 0 fully saturated rings. The van der Waals surface area contributed by atoms with Crippen molar-refractivity contribution in [2.45, 2.75) is 6.42 Å². The van der Waals surface area contributed by atoms with Gasteiger partial charge in [0.05, 0.1) is 17.2 Å². The molecule has 0 bridgehead atoms. The SMILES string of the molecule is Cn1cnc2cc(C(=O)NCCc3ccc4c(c3)OCO4)ccc2c1=O. The van der Waals surface area contributed by atoms with E-state index in [1.54, 1.807) is 25.2 Å². The molecule has 2 aromatic carbocycles. The number of fused-ring (bicyclic) bond motifs is 2. The largest absolute Gasteiger partial charge is 0.454 e. The van der Waals surface area contributed by atoms with Gasteiger partial charge in [0.1, 0.15) is 0 Å². The van der Waals surface area contributed by atoms with E-state index in [1.165, 1.54) is 10.9 Å². The van der Waals surface area contributed by atoms with Gasteiger partial charge < -0.3 is 19.4 Å². The fourth-order valence-electron chi connectivity index (χ4n) is 2.87. The van der Waals surface area contributed by atoms with E-state index in [4.69, 9.17) is 9.47 Å². The van der Waals surface area contributed by atoms with Crippen LogP contribution in [0.3, 0.4) is 0 Å². The zero-order valence-electron chi connectivity index (χ0n) is 14.2. The van der Waals surface area contributed by atoms with Crippen LogP contribution >= 0.6 is 0 Å². The minimum Gasteiger partial charge on any atom is -0.454 e. The number of benzene rings is 2. The lowest BCUT2D eigenvalue weighted by atomic mass is 10.1. The van der Waals surface area contributed by atoms with E-state index in [2.05, 4.69) is 10.3 Å². The molecular formula is C19H17N3O4. The molecule has 3 aromatic rings. The first kappa shape index (κ1) is 16.1. The van der Waals surface area contributed by atoms with Gasteiger partial charge in [0, 0.05) is 19.2 Å². The molecule has 1 aromatic heterocycles. The predicted octanol–water partition coefficient (Wildman–Crippen LogP) is 1.63. The molecule has 7 nitrogen and oxygen atoms in total. The number of carbonyl (C=O) groups is 1. The fraction of sp³-hybridized carbons (Fsp3) is 0.211. The average Bonchev–Trinajstić information content (AvgIpc) is 3.12. The number of hydrogen-bond donors (Lipinski definition) is 1. The molecule has 132 valence electrons. The summed E-state index contributed by atoms with van der Waals surface area (Å²) in [5.41, 5.74) is 1.91. The Bertz CT molecular complexity index is 1060. The summed E-state index contributed by atoms with van der Waals surface area (Å²) >= 11 is 0. The Morgan fingerprint density at radius 3 is 2.92 bits per heavy atom. The third-order valence-electron chi connectivity index (χ3n) is 4.32. The number of nitrogens with one attached hydrogen (secondary N) is 1. The maximum Gasteiger partial charge on any atom is 0.260 e. The molecule has 0 saturated heterocycles. The van der Waals surface area contributed by atoms with Crippen LogP contribution in [0.15, 0.2) is 47.5 Å². The quantitative estimate of drug-likeness (QED) is 0.773. The zero-order valence-corrected chi connectivity index (χ0v) is 14.2. The molecule has 0 spiro atoms. The van der Waals surface area contributed by atoms with Crippen molar-refractivity contribution in [1.29, 1.82) is 0 Å². The number of rotatable bonds is 4. The number of hydrogen-bond acceptors (Lipinski definition) is 5. The highest BCUT2D eigenvalue weighted by Gasteiger charge is 2.13. The van der Waals surface area contributed by atoms with Crippen LogP contribution in [0, 0.1) is 0 Å². The monoisotopic (exact) mass is 351 g/mol. The average molecular weight is 351 g/mol. The van der Waals surface area contributed by atoms with E-state index in [9.17, 15) is 9.59 Å². The predicted molar refractivity (Wildman–Crippen MR) is 95.6 cm³/mol. The van der Waals surface area contributed by atoms with Gasteiger partial charge in [-0.2, -0.15) is 0 Å². The van der Waals surface area contributed by atoms with Crippen LogP contribution in [-0.4, -0.2) is 28.8 Å². The summed E-state index contributed by atoms with van der Waals surface area (Å²) in [6, 6.07) is 10.7. The topological polar surface area (TPSA) is 82.5 Å². The van der Waals surface area contributed by atoms with Crippen LogP contribution in [0.25, 0.3) is 10.9 Å². The fourth-order valence-corrected chi connectivity index (χ4v) is 2.87. The highest BCUT2D eigenvalue weighted by Crippen LogP contribution is 2.32. The molecule has 4 rings (SSSR count). The number of nitrogens with zero attached hydrogens (tertiary/aromatic N) is 2. The Balaban J connectivity index is 1.42. The van der Waals surface area contributed by atoms with Gasteiger partial charge >= 0.3 is 0 Å². The van der Waals surface area contributed by atoms with Gasteiger partial charge in [-0.3, -0.25) is 9.59 Å². The molecule has 0 unspecified atom stereocenters. The smallest absolute Gasteiger partial charge is 0.260 e. The molecule has 1 N–H and O–H groups in total. The Morgan fingerprint density at radius 1 is 1.19 bits per heavy atom. The molecular weight excluding hydrogens is 334 g/mol. The summed E-state index contributed by atoms with van der Waals surface area (Å²) in [5.74, 6) is 1.28. The van der Waals surface area contributed by atoms with Gasteiger partial charge in [0.15, 0.2) is 11.5 Å². The molecule has 2 heterocycles. The van der Waals surface area contributed by atoms with E-state index in [0.29, 0.717) is 29.4 Å². The molecule has 1 amide bonds. The number of ether oxygens (including phenoxy) is 2. The normalized spacial score (nSPS) is 12.3. The van der Waals surface area contributed by atoms with E-state index >= 15 is 0 Å². The first-order valence-corrected chi connectivity index (χ1v) is 8.24. The van der Waals surface area contributed by atoms with E-state index in [0.717, 1.165) is 17.1 Å². The number of amides is 1.